The highest BCUT2D eigenvalue weighted by molar-refractivity contribution is 5.67. The van der Waals surface area contributed by atoms with Gasteiger partial charge in [0.1, 0.15) is 0 Å². The molecule has 1 aliphatic rings. The number of amides is 1. The molecule has 1 fully saturated rings. The molecule has 21 heavy (non-hydrogen) atoms. The summed E-state index contributed by atoms with van der Waals surface area (Å²) in [7, 11) is 1.31. The van der Waals surface area contributed by atoms with Gasteiger partial charge in [-0.2, -0.15) is 0 Å². The van der Waals surface area contributed by atoms with Gasteiger partial charge in [-0.15, -0.1) is 0 Å². The fourth-order valence-electron chi connectivity index (χ4n) is 2.41. The summed E-state index contributed by atoms with van der Waals surface area (Å²) in [5.74, 6) is 0. The van der Waals surface area contributed by atoms with Crippen LogP contribution in [0.1, 0.15) is 12.0 Å². The van der Waals surface area contributed by atoms with Crippen LogP contribution >= 0.6 is 0 Å². The van der Waals surface area contributed by atoms with E-state index in [9.17, 15) is 20.0 Å². The molecule has 0 bridgehead atoms. The molecule has 1 heterocycles. The van der Waals surface area contributed by atoms with Gasteiger partial charge in [-0.05, 0) is 18.6 Å². The van der Waals surface area contributed by atoms with Gasteiger partial charge >= 0.3 is 6.09 Å². The van der Waals surface area contributed by atoms with Gasteiger partial charge < -0.3 is 20.1 Å². The molecule has 1 aromatic carbocycles. The van der Waals surface area contributed by atoms with Crippen LogP contribution in [0.2, 0.25) is 0 Å². The third-order valence-electron chi connectivity index (χ3n) is 3.49. The Bertz CT molecular complexity index is 549. The molecule has 1 amide bonds. The second kappa shape index (κ2) is 6.40. The molecule has 2 rings (SSSR count). The van der Waals surface area contributed by atoms with Crippen LogP contribution in [0.15, 0.2) is 18.2 Å². The van der Waals surface area contributed by atoms with Crippen molar-refractivity contribution in [1.29, 1.82) is 0 Å². The molecule has 0 saturated carbocycles. The molecule has 1 aromatic rings. The molecule has 8 nitrogen and oxygen atoms in total. The first-order valence-electron chi connectivity index (χ1n) is 6.52. The number of rotatable bonds is 4. The molecule has 2 N–H and O–H groups in total. The van der Waals surface area contributed by atoms with Crippen LogP contribution in [-0.2, 0) is 11.3 Å². The van der Waals surface area contributed by atoms with E-state index in [1.807, 2.05) is 4.90 Å². The number of hydrogen-bond donors (Lipinski definition) is 2. The third kappa shape index (κ3) is 3.40. The molecule has 0 aliphatic carbocycles. The topological polar surface area (TPSA) is 105 Å². The van der Waals surface area contributed by atoms with Crippen molar-refractivity contribution in [2.24, 2.45) is 0 Å². The van der Waals surface area contributed by atoms with Gasteiger partial charge in [0.2, 0.25) is 0 Å². The lowest BCUT2D eigenvalue weighted by molar-refractivity contribution is -0.385. The van der Waals surface area contributed by atoms with Crippen LogP contribution in [0.25, 0.3) is 0 Å². The number of ether oxygens (including phenoxy) is 1. The molecule has 8 heteroatoms. The lowest BCUT2D eigenvalue weighted by Gasteiger charge is -2.19. The van der Waals surface area contributed by atoms with Crippen molar-refractivity contribution in [3.63, 3.8) is 0 Å². The van der Waals surface area contributed by atoms with Crippen molar-refractivity contribution in [3.8, 4) is 0 Å². The van der Waals surface area contributed by atoms with Crippen molar-refractivity contribution in [3.05, 3.63) is 33.9 Å². The summed E-state index contributed by atoms with van der Waals surface area (Å²) < 4.78 is 4.56. The molecular formula is C13H17N3O5. The Morgan fingerprint density at radius 2 is 2.38 bits per heavy atom. The minimum atomic E-state index is -0.513. The second-order valence-corrected chi connectivity index (χ2v) is 4.80. The van der Waals surface area contributed by atoms with Crippen LogP contribution < -0.4 is 10.2 Å². The lowest BCUT2D eigenvalue weighted by atomic mass is 10.1. The number of nitrogens with one attached hydrogen (secondary N) is 1. The van der Waals surface area contributed by atoms with Gasteiger partial charge in [0, 0.05) is 24.8 Å². The summed E-state index contributed by atoms with van der Waals surface area (Å²) in [6.45, 7) is 0.928. The summed E-state index contributed by atoms with van der Waals surface area (Å²) in [6.07, 6.45) is 0.294. The van der Waals surface area contributed by atoms with E-state index in [-0.39, 0.29) is 23.9 Å². The standard InChI is InChI=1S/C13H17N3O5/c1-21-13(18)14-10-4-5-15(7-10)11-2-3-12(16(19)20)9(6-11)8-17/h2-3,6,10,17H,4-5,7-8H2,1H3,(H,14,18). The quantitative estimate of drug-likeness (QED) is 0.634. The summed E-state index contributed by atoms with van der Waals surface area (Å²) in [5.41, 5.74) is 0.977. The van der Waals surface area contributed by atoms with Crippen LogP contribution in [0, 0.1) is 10.1 Å². The molecule has 1 saturated heterocycles. The highest BCUT2D eigenvalue weighted by atomic mass is 16.6. The number of alkyl carbamates (subject to hydrolysis) is 1. The number of anilines is 1. The molecule has 1 aliphatic heterocycles. The molecule has 0 spiro atoms. The van der Waals surface area contributed by atoms with E-state index in [1.54, 1.807) is 12.1 Å². The van der Waals surface area contributed by atoms with Crippen LogP contribution in [0.3, 0.4) is 0 Å². The predicted molar refractivity (Wildman–Crippen MR) is 75.2 cm³/mol. The molecular weight excluding hydrogens is 278 g/mol. The zero-order valence-corrected chi connectivity index (χ0v) is 11.6. The largest absolute Gasteiger partial charge is 0.453 e. The van der Waals surface area contributed by atoms with E-state index >= 15 is 0 Å². The first-order chi connectivity index (χ1) is 10.0. The summed E-state index contributed by atoms with van der Waals surface area (Å²) in [5, 5.41) is 22.8. The van der Waals surface area contributed by atoms with E-state index < -0.39 is 11.0 Å². The highest BCUT2D eigenvalue weighted by Crippen LogP contribution is 2.27. The van der Waals surface area contributed by atoms with E-state index in [1.165, 1.54) is 13.2 Å². The van der Waals surface area contributed by atoms with Gasteiger partial charge in [0.05, 0.1) is 30.2 Å². The molecule has 1 unspecified atom stereocenters. The van der Waals surface area contributed by atoms with Gasteiger partial charge in [0.25, 0.3) is 5.69 Å². The van der Waals surface area contributed by atoms with Crippen LogP contribution in [0.4, 0.5) is 16.2 Å². The fraction of sp³-hybridized carbons (Fsp3) is 0.462. The maximum atomic E-state index is 11.2. The third-order valence-corrected chi connectivity index (χ3v) is 3.49. The molecule has 1 atom stereocenters. The maximum absolute atomic E-state index is 11.2. The summed E-state index contributed by atoms with van der Waals surface area (Å²) in [6, 6.07) is 4.63. The number of methoxy groups -OCH3 is 1. The van der Waals surface area contributed by atoms with Crippen LogP contribution in [-0.4, -0.2) is 42.4 Å². The second-order valence-electron chi connectivity index (χ2n) is 4.80. The van der Waals surface area contributed by atoms with Crippen molar-refractivity contribution in [2.45, 2.75) is 19.1 Å². The van der Waals surface area contributed by atoms with Gasteiger partial charge in [-0.1, -0.05) is 0 Å². The number of nitro benzene ring substituents is 1. The SMILES string of the molecule is COC(=O)NC1CCN(c2ccc([N+](=O)[O-])c(CO)c2)C1. The van der Waals surface area contributed by atoms with E-state index in [2.05, 4.69) is 10.1 Å². The monoisotopic (exact) mass is 295 g/mol. The van der Waals surface area contributed by atoms with Gasteiger partial charge in [-0.25, -0.2) is 4.79 Å². The number of carbonyl (C=O) groups is 1. The van der Waals surface area contributed by atoms with Crippen LogP contribution in [0.5, 0.6) is 0 Å². The average molecular weight is 295 g/mol. The Kier molecular flexibility index (Phi) is 4.59. The first-order valence-corrected chi connectivity index (χ1v) is 6.52. The van der Waals surface area contributed by atoms with Crippen molar-refractivity contribution in [1.82, 2.24) is 5.32 Å². The Balaban J connectivity index is 2.09. The number of hydrogen-bond acceptors (Lipinski definition) is 6. The summed E-state index contributed by atoms with van der Waals surface area (Å²) >= 11 is 0. The number of benzene rings is 1. The fourth-order valence-corrected chi connectivity index (χ4v) is 2.41. The smallest absolute Gasteiger partial charge is 0.407 e. The van der Waals surface area contributed by atoms with Crippen molar-refractivity contribution >= 4 is 17.5 Å². The number of nitro groups is 1. The molecule has 114 valence electrons. The Labute approximate surface area is 121 Å². The number of aliphatic hydroxyl groups is 1. The number of aliphatic hydroxyl groups excluding tert-OH is 1. The number of carbonyl (C=O) groups excluding carboxylic acids is 1. The number of nitrogens with zero attached hydrogens (tertiary/aromatic N) is 2. The van der Waals surface area contributed by atoms with E-state index in [4.69, 9.17) is 0 Å². The first kappa shape index (κ1) is 15.0. The zero-order valence-electron chi connectivity index (χ0n) is 11.6. The van der Waals surface area contributed by atoms with E-state index in [0.29, 0.717) is 6.54 Å². The van der Waals surface area contributed by atoms with Crippen molar-refractivity contribution < 1.29 is 19.6 Å². The highest BCUT2D eigenvalue weighted by Gasteiger charge is 2.25. The zero-order chi connectivity index (χ0) is 15.4. The predicted octanol–water partition coefficient (Wildman–Crippen LogP) is 1.02. The summed E-state index contributed by atoms with van der Waals surface area (Å²) in [4.78, 5) is 23.5. The Morgan fingerprint density at radius 1 is 1.62 bits per heavy atom. The average Bonchev–Trinajstić information content (AvgIpc) is 2.94. The van der Waals surface area contributed by atoms with Crippen molar-refractivity contribution in [2.75, 3.05) is 25.1 Å². The normalized spacial score (nSPS) is 17.6. The Hall–Kier alpha value is -2.35. The van der Waals surface area contributed by atoms with Gasteiger partial charge in [0.15, 0.2) is 0 Å². The minimum absolute atomic E-state index is 0.0229. The van der Waals surface area contributed by atoms with E-state index in [0.717, 1.165) is 18.7 Å². The molecule has 0 radical (unpaired) electrons. The lowest BCUT2D eigenvalue weighted by Crippen LogP contribution is -2.36. The minimum Gasteiger partial charge on any atom is -0.453 e. The van der Waals surface area contributed by atoms with Gasteiger partial charge in [-0.3, -0.25) is 10.1 Å². The Morgan fingerprint density at radius 3 is 3.00 bits per heavy atom. The molecule has 0 aromatic heterocycles. The maximum Gasteiger partial charge on any atom is 0.407 e.